The Bertz CT molecular complexity index is 1740. The predicted molar refractivity (Wildman–Crippen MR) is 236 cm³/mol. The summed E-state index contributed by atoms with van der Waals surface area (Å²) in [5, 5.41) is 38.4. The quantitative estimate of drug-likeness (QED) is 0.0232. The van der Waals surface area contributed by atoms with Gasteiger partial charge in [0.1, 0.15) is 42.3 Å². The van der Waals surface area contributed by atoms with Gasteiger partial charge in [-0.2, -0.15) is 0 Å². The van der Waals surface area contributed by atoms with Crippen LogP contribution in [-0.4, -0.2) is 154 Å². The van der Waals surface area contributed by atoms with E-state index in [1.54, 1.807) is 48.6 Å². The van der Waals surface area contributed by atoms with Crippen LogP contribution < -0.4 is 48.7 Å². The number of carboxylic acid groups (broad SMARTS) is 1. The van der Waals surface area contributed by atoms with Gasteiger partial charge in [0.2, 0.25) is 41.4 Å². The van der Waals surface area contributed by atoms with E-state index in [1.165, 1.54) is 17.4 Å². The number of hydrogen-bond acceptors (Lipinski definition) is 12. The molecule has 1 saturated heterocycles. The summed E-state index contributed by atoms with van der Waals surface area (Å²) < 4.78 is 0. The maximum absolute atomic E-state index is 14.3. The Morgan fingerprint density at radius 2 is 1.42 bits per heavy atom. The molecule has 64 heavy (non-hydrogen) atoms. The summed E-state index contributed by atoms with van der Waals surface area (Å²) in [4.78, 5) is 120. The van der Waals surface area contributed by atoms with Crippen molar-refractivity contribution >= 4 is 53.3 Å². The summed E-state index contributed by atoms with van der Waals surface area (Å²) in [6.07, 6.45) is 4.60. The van der Waals surface area contributed by atoms with Crippen molar-refractivity contribution in [2.45, 2.75) is 135 Å². The van der Waals surface area contributed by atoms with Crippen LogP contribution in [0.25, 0.3) is 0 Å². The number of nitrogens with one attached hydrogen (secondary N) is 8. The lowest BCUT2D eigenvalue weighted by atomic mass is 9.96. The minimum atomic E-state index is -1.38. The van der Waals surface area contributed by atoms with Crippen LogP contribution in [0.15, 0.2) is 17.5 Å². The van der Waals surface area contributed by atoms with Crippen molar-refractivity contribution in [3.63, 3.8) is 0 Å². The third kappa shape index (κ3) is 17.0. The lowest BCUT2D eigenvalue weighted by molar-refractivity contribution is -0.146. The standard InChI is InChI=1S/C41H71N13O10/c1-8-23(5)32(38(61)50-28(18-25-19-45-21-47-25)39(62)54-16-11-13-29(54)36(59)53-33(40(63)64)24(6)9-2)52-35(58)27(14-17-55)49-37(60)31(22(3)4)51-34(57)26(48-30(56)20-44-7)12-10-15-46-41(42)43/h19,21-24,26-29,31-33,44,55H,8-18,20H2,1-7H3,(H,45,47)(H,48,56)(H,49,60)(H,50,61)(H,51,57)(H,52,58)(H,53,59)(H,63,64)(H4,42,43,46)/t23-,24-,26-,27-,28-,29-,31-,32-,33-/m0/s1. The van der Waals surface area contributed by atoms with E-state index >= 15 is 0 Å². The molecule has 0 unspecified atom stereocenters. The molecule has 1 aliphatic heterocycles. The average molecular weight is 906 g/mol. The number of hydrogen-bond donors (Lipinski definition) is 12. The number of likely N-dealkylation sites (tertiary alicyclic amines) is 1. The van der Waals surface area contributed by atoms with E-state index in [1.807, 2.05) is 0 Å². The van der Waals surface area contributed by atoms with Crippen LogP contribution in [0.3, 0.4) is 0 Å². The highest BCUT2D eigenvalue weighted by atomic mass is 16.4. The van der Waals surface area contributed by atoms with Gasteiger partial charge >= 0.3 is 5.97 Å². The Labute approximate surface area is 374 Å². The molecule has 0 aliphatic carbocycles. The number of nitrogens with two attached hydrogens (primary N) is 2. The van der Waals surface area contributed by atoms with Crippen molar-refractivity contribution in [3.05, 3.63) is 18.2 Å². The lowest BCUT2D eigenvalue weighted by Crippen LogP contribution is -2.61. The Kier molecular flexibility index (Phi) is 23.2. The highest BCUT2D eigenvalue weighted by Crippen LogP contribution is 2.21. The van der Waals surface area contributed by atoms with Gasteiger partial charge in [0.15, 0.2) is 5.96 Å². The molecule has 360 valence electrons. The van der Waals surface area contributed by atoms with Gasteiger partial charge in [-0.05, 0) is 56.9 Å². The zero-order valence-corrected chi connectivity index (χ0v) is 38.1. The van der Waals surface area contributed by atoms with E-state index in [2.05, 4.69) is 52.2 Å². The predicted octanol–water partition coefficient (Wildman–Crippen LogP) is -2.66. The second-order valence-electron chi connectivity index (χ2n) is 16.5. The molecule has 7 amide bonds. The molecule has 9 atom stereocenters. The highest BCUT2D eigenvalue weighted by Gasteiger charge is 2.41. The number of nitrogens with zero attached hydrogens (tertiary/aromatic N) is 3. The van der Waals surface area contributed by atoms with Gasteiger partial charge in [-0.15, -0.1) is 0 Å². The van der Waals surface area contributed by atoms with Crippen LogP contribution in [0.4, 0.5) is 0 Å². The molecule has 14 N–H and O–H groups in total. The largest absolute Gasteiger partial charge is 0.480 e. The number of guanidine groups is 1. The number of amides is 7. The molecular formula is C41H71N13O10. The fourth-order valence-electron chi connectivity index (χ4n) is 7.10. The first-order valence-electron chi connectivity index (χ1n) is 21.9. The molecule has 0 bridgehead atoms. The monoisotopic (exact) mass is 906 g/mol. The Balaban J connectivity index is 2.33. The topological polar surface area (TPSA) is 358 Å². The number of carbonyl (C=O) groups excluding carboxylic acids is 7. The molecule has 2 rings (SSSR count). The number of aliphatic carboxylic acids is 1. The number of carbonyl (C=O) groups is 8. The zero-order chi connectivity index (χ0) is 48.1. The fraction of sp³-hybridized carbons (Fsp3) is 0.707. The van der Waals surface area contributed by atoms with Crippen LogP contribution in [0, 0.1) is 17.8 Å². The first kappa shape index (κ1) is 54.3. The minimum Gasteiger partial charge on any atom is -0.480 e. The molecule has 0 saturated carbocycles. The van der Waals surface area contributed by atoms with Gasteiger partial charge < -0.3 is 68.8 Å². The van der Waals surface area contributed by atoms with Crippen LogP contribution in [0.5, 0.6) is 0 Å². The normalized spacial score (nSPS) is 17.3. The number of rotatable bonds is 28. The zero-order valence-electron chi connectivity index (χ0n) is 38.1. The number of aliphatic imine (C=N–C) groups is 1. The van der Waals surface area contributed by atoms with Crippen LogP contribution in [-0.2, 0) is 44.8 Å². The minimum absolute atomic E-state index is 0.0665. The van der Waals surface area contributed by atoms with E-state index in [4.69, 9.17) is 11.5 Å². The summed E-state index contributed by atoms with van der Waals surface area (Å²) >= 11 is 0. The molecule has 1 aromatic heterocycles. The van der Waals surface area contributed by atoms with E-state index in [0.29, 0.717) is 31.4 Å². The van der Waals surface area contributed by atoms with Gasteiger partial charge in [0.05, 0.1) is 12.9 Å². The molecular weight excluding hydrogens is 835 g/mol. The number of aromatic nitrogens is 2. The second-order valence-corrected chi connectivity index (χ2v) is 16.5. The van der Waals surface area contributed by atoms with Crippen LogP contribution >= 0.6 is 0 Å². The lowest BCUT2D eigenvalue weighted by Gasteiger charge is -2.32. The molecule has 0 spiro atoms. The third-order valence-corrected chi connectivity index (χ3v) is 11.2. The number of carboxylic acids is 1. The first-order chi connectivity index (χ1) is 30.3. The summed E-state index contributed by atoms with van der Waals surface area (Å²) in [5.41, 5.74) is 11.3. The maximum atomic E-state index is 14.3. The Hall–Kier alpha value is -5.84. The van der Waals surface area contributed by atoms with Gasteiger partial charge in [0, 0.05) is 38.0 Å². The van der Waals surface area contributed by atoms with E-state index in [0.717, 1.165) is 0 Å². The highest BCUT2D eigenvalue weighted by molar-refractivity contribution is 5.98. The van der Waals surface area contributed by atoms with Crippen molar-refractivity contribution in [1.29, 1.82) is 0 Å². The van der Waals surface area contributed by atoms with E-state index in [-0.39, 0.29) is 57.2 Å². The van der Waals surface area contributed by atoms with Crippen LogP contribution in [0.2, 0.25) is 0 Å². The smallest absolute Gasteiger partial charge is 0.326 e. The van der Waals surface area contributed by atoms with Crippen molar-refractivity contribution in [3.8, 4) is 0 Å². The number of imidazole rings is 1. The average Bonchev–Trinajstić information content (AvgIpc) is 3.96. The number of aliphatic hydroxyl groups is 1. The first-order valence-corrected chi connectivity index (χ1v) is 21.9. The number of H-pyrrole nitrogens is 1. The van der Waals surface area contributed by atoms with Gasteiger partial charge in [-0.3, -0.25) is 38.6 Å². The van der Waals surface area contributed by atoms with Crippen LogP contribution in [0.1, 0.15) is 92.2 Å². The molecule has 2 heterocycles. The van der Waals surface area contributed by atoms with Crippen molar-refractivity contribution in [2.24, 2.45) is 34.2 Å². The number of aromatic amines is 1. The number of aliphatic hydroxyl groups excluding tert-OH is 1. The molecule has 23 heteroatoms. The van der Waals surface area contributed by atoms with E-state index < -0.39 is 108 Å². The molecule has 0 aromatic carbocycles. The Morgan fingerprint density at radius 3 is 1.97 bits per heavy atom. The SMILES string of the molecule is CC[C@H](C)[C@H](NC(=O)[C@@H]1CCCN1C(=O)[C@H](Cc1cnc[nH]1)NC(=O)[C@@H](NC(=O)[C@H](CCO)NC(=O)[C@@H](NC(=O)[C@H](CCCN=C(N)N)NC(=O)CNC)C(C)C)[C@@H](C)CC)C(=O)O. The van der Waals surface area contributed by atoms with E-state index in [9.17, 15) is 48.6 Å². The fourth-order valence-corrected chi connectivity index (χ4v) is 7.10. The molecule has 1 aromatic rings. The summed E-state index contributed by atoms with van der Waals surface area (Å²) in [6.45, 7) is 10.1. The summed E-state index contributed by atoms with van der Waals surface area (Å²) in [5.74, 6) is -7.43. The molecule has 1 fully saturated rings. The van der Waals surface area contributed by atoms with Crippen molar-refractivity contribution in [2.75, 3.05) is 33.3 Å². The van der Waals surface area contributed by atoms with Crippen molar-refractivity contribution in [1.82, 2.24) is 52.1 Å². The third-order valence-electron chi connectivity index (χ3n) is 11.2. The van der Waals surface area contributed by atoms with Crippen molar-refractivity contribution < 1.29 is 48.6 Å². The number of likely N-dealkylation sites (N-methyl/N-ethyl adjacent to an activating group) is 1. The Morgan fingerprint density at radius 1 is 0.828 bits per heavy atom. The second kappa shape index (κ2) is 27.4. The van der Waals surface area contributed by atoms with Gasteiger partial charge in [0.25, 0.3) is 0 Å². The molecule has 0 radical (unpaired) electrons. The maximum Gasteiger partial charge on any atom is 0.326 e. The summed E-state index contributed by atoms with van der Waals surface area (Å²) in [6, 6.07) is -8.31. The van der Waals surface area contributed by atoms with Gasteiger partial charge in [-0.25, -0.2) is 9.78 Å². The van der Waals surface area contributed by atoms with Gasteiger partial charge in [-0.1, -0.05) is 54.4 Å². The summed E-state index contributed by atoms with van der Waals surface area (Å²) in [7, 11) is 1.56. The molecule has 1 aliphatic rings. The molecule has 23 nitrogen and oxygen atoms in total.